The first-order chi connectivity index (χ1) is 17.1. The van der Waals surface area contributed by atoms with Crippen LogP contribution in [0.5, 0.6) is 5.88 Å². The summed E-state index contributed by atoms with van der Waals surface area (Å²) < 4.78 is 11.1. The zero-order chi connectivity index (χ0) is 24.0. The number of carbonyl (C=O) groups is 1. The van der Waals surface area contributed by atoms with Crippen molar-refractivity contribution in [3.63, 3.8) is 0 Å². The maximum absolute atomic E-state index is 12.9. The minimum absolute atomic E-state index is 0.0367. The number of aromatic nitrogens is 4. The fourth-order valence-corrected chi connectivity index (χ4v) is 3.64. The minimum atomic E-state index is -0.260. The SMILES string of the molecule is Cc1ccc(NC(=O)c2ccnc(OC3CCOC3)c2)cc1Nc1nccc(-c2cccnc2)n1. The summed E-state index contributed by atoms with van der Waals surface area (Å²) in [6.45, 7) is 3.18. The maximum Gasteiger partial charge on any atom is 0.255 e. The van der Waals surface area contributed by atoms with Crippen LogP contribution >= 0.6 is 0 Å². The molecule has 176 valence electrons. The van der Waals surface area contributed by atoms with E-state index in [0.29, 0.717) is 36.3 Å². The van der Waals surface area contributed by atoms with Crippen molar-refractivity contribution in [3.8, 4) is 17.1 Å². The molecule has 1 aliphatic rings. The van der Waals surface area contributed by atoms with Crippen LogP contribution in [-0.2, 0) is 4.74 Å². The molecular weight excluding hydrogens is 444 g/mol. The third-order valence-corrected chi connectivity index (χ3v) is 5.53. The van der Waals surface area contributed by atoms with Crippen molar-refractivity contribution in [2.45, 2.75) is 19.4 Å². The predicted octanol–water partition coefficient (Wildman–Crippen LogP) is 4.41. The Labute approximate surface area is 202 Å². The second-order valence-corrected chi connectivity index (χ2v) is 8.10. The molecule has 35 heavy (non-hydrogen) atoms. The van der Waals surface area contributed by atoms with Gasteiger partial charge in [0.05, 0.1) is 18.9 Å². The Kier molecular flexibility index (Phi) is 6.58. The molecule has 0 saturated carbocycles. The average Bonchev–Trinajstić information content (AvgIpc) is 3.40. The first-order valence-electron chi connectivity index (χ1n) is 11.3. The molecule has 1 amide bonds. The minimum Gasteiger partial charge on any atom is -0.472 e. The number of amides is 1. The largest absolute Gasteiger partial charge is 0.472 e. The van der Waals surface area contributed by atoms with Crippen LogP contribution in [0.25, 0.3) is 11.3 Å². The van der Waals surface area contributed by atoms with Gasteiger partial charge in [-0.2, -0.15) is 0 Å². The number of aryl methyl sites for hydroxylation is 1. The van der Waals surface area contributed by atoms with Crippen molar-refractivity contribution in [2.24, 2.45) is 0 Å². The van der Waals surface area contributed by atoms with Crippen molar-refractivity contribution in [3.05, 3.63) is 84.4 Å². The summed E-state index contributed by atoms with van der Waals surface area (Å²) in [5.41, 5.74) is 4.52. The fraction of sp³-hybridized carbons (Fsp3) is 0.192. The molecule has 4 heterocycles. The number of benzene rings is 1. The molecule has 3 aromatic heterocycles. The Bertz CT molecular complexity index is 1330. The summed E-state index contributed by atoms with van der Waals surface area (Å²) in [6.07, 6.45) is 7.51. The van der Waals surface area contributed by atoms with Gasteiger partial charge in [0.25, 0.3) is 5.91 Å². The van der Waals surface area contributed by atoms with Crippen LogP contribution in [0.1, 0.15) is 22.3 Å². The molecule has 2 N–H and O–H groups in total. The van der Waals surface area contributed by atoms with Gasteiger partial charge in [0, 0.05) is 59.8 Å². The van der Waals surface area contributed by atoms with Gasteiger partial charge in [0.1, 0.15) is 6.10 Å². The van der Waals surface area contributed by atoms with Crippen LogP contribution in [0.4, 0.5) is 17.3 Å². The van der Waals surface area contributed by atoms with E-state index in [1.54, 1.807) is 36.9 Å². The van der Waals surface area contributed by atoms with Crippen molar-refractivity contribution >= 4 is 23.2 Å². The third-order valence-electron chi connectivity index (χ3n) is 5.53. The molecule has 1 saturated heterocycles. The van der Waals surface area contributed by atoms with Gasteiger partial charge in [0.2, 0.25) is 11.8 Å². The molecule has 0 aliphatic carbocycles. The fourth-order valence-electron chi connectivity index (χ4n) is 3.64. The monoisotopic (exact) mass is 468 g/mol. The molecule has 0 radical (unpaired) electrons. The Morgan fingerprint density at radius 3 is 2.83 bits per heavy atom. The van der Waals surface area contributed by atoms with Gasteiger partial charge in [-0.05, 0) is 48.9 Å². The quantitative estimate of drug-likeness (QED) is 0.410. The summed E-state index contributed by atoms with van der Waals surface area (Å²) in [7, 11) is 0. The third kappa shape index (κ3) is 5.59. The molecule has 1 unspecified atom stereocenters. The molecular formula is C26H24N6O3. The lowest BCUT2D eigenvalue weighted by Gasteiger charge is -2.13. The Morgan fingerprint density at radius 2 is 2.00 bits per heavy atom. The zero-order valence-electron chi connectivity index (χ0n) is 19.1. The van der Waals surface area contributed by atoms with E-state index < -0.39 is 0 Å². The molecule has 1 fully saturated rings. The number of hydrogen-bond acceptors (Lipinski definition) is 8. The summed E-state index contributed by atoms with van der Waals surface area (Å²) in [6, 6.07) is 14.5. The second-order valence-electron chi connectivity index (χ2n) is 8.10. The summed E-state index contributed by atoms with van der Waals surface area (Å²) in [5, 5.41) is 6.18. The molecule has 1 aliphatic heterocycles. The number of pyridine rings is 2. The highest BCUT2D eigenvalue weighted by Gasteiger charge is 2.18. The lowest BCUT2D eigenvalue weighted by molar-refractivity contribution is 0.102. The van der Waals surface area contributed by atoms with E-state index in [1.807, 2.05) is 43.3 Å². The number of nitrogens with one attached hydrogen (secondary N) is 2. The van der Waals surface area contributed by atoms with Crippen molar-refractivity contribution in [1.29, 1.82) is 0 Å². The van der Waals surface area contributed by atoms with Crippen molar-refractivity contribution in [2.75, 3.05) is 23.8 Å². The van der Waals surface area contributed by atoms with E-state index in [4.69, 9.17) is 9.47 Å². The molecule has 1 atom stereocenters. The highest BCUT2D eigenvalue weighted by Crippen LogP contribution is 2.25. The molecule has 5 rings (SSSR count). The normalized spacial score (nSPS) is 14.9. The first-order valence-corrected chi connectivity index (χ1v) is 11.3. The molecule has 9 heteroatoms. The summed E-state index contributed by atoms with van der Waals surface area (Å²) in [5.74, 6) is 0.597. The van der Waals surface area contributed by atoms with Gasteiger partial charge in [-0.25, -0.2) is 15.0 Å². The molecule has 4 aromatic rings. The van der Waals surface area contributed by atoms with E-state index in [0.717, 1.165) is 28.9 Å². The van der Waals surface area contributed by atoms with E-state index in [1.165, 1.54) is 0 Å². The first kappa shape index (κ1) is 22.4. The molecule has 1 aromatic carbocycles. The lowest BCUT2D eigenvalue weighted by atomic mass is 10.1. The predicted molar refractivity (Wildman–Crippen MR) is 132 cm³/mol. The average molecular weight is 469 g/mol. The van der Waals surface area contributed by atoms with E-state index >= 15 is 0 Å². The van der Waals surface area contributed by atoms with Crippen LogP contribution < -0.4 is 15.4 Å². The van der Waals surface area contributed by atoms with Gasteiger partial charge in [-0.15, -0.1) is 0 Å². The van der Waals surface area contributed by atoms with Gasteiger partial charge >= 0.3 is 0 Å². The van der Waals surface area contributed by atoms with Crippen LogP contribution in [0, 0.1) is 6.92 Å². The zero-order valence-corrected chi connectivity index (χ0v) is 19.1. The Balaban J connectivity index is 1.30. The van der Waals surface area contributed by atoms with Crippen LogP contribution in [0.15, 0.2) is 73.3 Å². The van der Waals surface area contributed by atoms with E-state index in [9.17, 15) is 4.79 Å². The van der Waals surface area contributed by atoms with Gasteiger partial charge in [-0.3, -0.25) is 9.78 Å². The molecule has 9 nitrogen and oxygen atoms in total. The Morgan fingerprint density at radius 1 is 1.09 bits per heavy atom. The molecule has 0 spiro atoms. The van der Waals surface area contributed by atoms with Crippen LogP contribution in [0.2, 0.25) is 0 Å². The summed E-state index contributed by atoms with van der Waals surface area (Å²) in [4.78, 5) is 30.2. The van der Waals surface area contributed by atoms with Crippen molar-refractivity contribution < 1.29 is 14.3 Å². The number of anilines is 3. The maximum atomic E-state index is 12.9. The number of nitrogens with zero attached hydrogens (tertiary/aromatic N) is 4. The summed E-state index contributed by atoms with van der Waals surface area (Å²) >= 11 is 0. The number of ether oxygens (including phenoxy) is 2. The number of hydrogen-bond donors (Lipinski definition) is 2. The van der Waals surface area contributed by atoms with Crippen LogP contribution in [-0.4, -0.2) is 45.2 Å². The van der Waals surface area contributed by atoms with Crippen molar-refractivity contribution in [1.82, 2.24) is 19.9 Å². The van der Waals surface area contributed by atoms with E-state index in [-0.39, 0.29) is 12.0 Å². The standard InChI is InChI=1S/C26H24N6O3/c1-17-4-5-20(30-25(33)18-6-10-28-24(13-18)35-21-8-12-34-16-21)14-23(17)32-26-29-11-7-22(31-26)19-3-2-9-27-15-19/h2-7,9-11,13-15,21H,8,12,16H2,1H3,(H,30,33)(H,29,31,32). The Hall–Kier alpha value is -4.37. The number of rotatable bonds is 7. The highest BCUT2D eigenvalue weighted by atomic mass is 16.5. The van der Waals surface area contributed by atoms with E-state index in [2.05, 4.69) is 30.6 Å². The van der Waals surface area contributed by atoms with Crippen LogP contribution in [0.3, 0.4) is 0 Å². The topological polar surface area (TPSA) is 111 Å². The lowest BCUT2D eigenvalue weighted by Crippen LogP contribution is -2.17. The number of carbonyl (C=O) groups excluding carboxylic acids is 1. The van der Waals surface area contributed by atoms with Gasteiger partial charge in [0.15, 0.2) is 0 Å². The van der Waals surface area contributed by atoms with Gasteiger partial charge < -0.3 is 20.1 Å². The smallest absolute Gasteiger partial charge is 0.255 e. The van der Waals surface area contributed by atoms with Gasteiger partial charge in [-0.1, -0.05) is 6.07 Å². The second kappa shape index (κ2) is 10.3. The highest BCUT2D eigenvalue weighted by molar-refractivity contribution is 6.04. The molecule has 0 bridgehead atoms.